The highest BCUT2D eigenvalue weighted by molar-refractivity contribution is 6.32. The molecule has 2 aromatic rings. The first-order valence-electron chi connectivity index (χ1n) is 5.17. The lowest BCUT2D eigenvalue weighted by atomic mass is 10.3. The Morgan fingerprint density at radius 3 is 2.72 bits per heavy atom. The van der Waals surface area contributed by atoms with Gasteiger partial charge >= 0.3 is 5.97 Å². The maximum Gasteiger partial charge on any atom is 0.356 e. The van der Waals surface area contributed by atoms with E-state index in [1.54, 1.807) is 25.1 Å². The van der Waals surface area contributed by atoms with Gasteiger partial charge in [0.2, 0.25) is 0 Å². The van der Waals surface area contributed by atoms with E-state index in [0.717, 1.165) is 5.69 Å². The van der Waals surface area contributed by atoms with Crippen LogP contribution in [0, 0.1) is 6.92 Å². The Balaban J connectivity index is 2.51. The van der Waals surface area contributed by atoms with Crippen LogP contribution in [0.3, 0.4) is 0 Å². The summed E-state index contributed by atoms with van der Waals surface area (Å²) in [4.78, 5) is 10.9. The molecular formula is C12H11ClN2O3. The predicted molar refractivity (Wildman–Crippen MR) is 66.8 cm³/mol. The minimum Gasteiger partial charge on any atom is -0.495 e. The van der Waals surface area contributed by atoms with Gasteiger partial charge in [0.05, 0.1) is 17.8 Å². The number of aromatic carboxylic acids is 1. The summed E-state index contributed by atoms with van der Waals surface area (Å²) < 4.78 is 6.64. The number of carboxylic acid groups (broad SMARTS) is 1. The molecule has 0 saturated heterocycles. The van der Waals surface area contributed by atoms with Gasteiger partial charge in [-0.2, -0.15) is 5.10 Å². The first kappa shape index (κ1) is 12.4. The number of rotatable bonds is 3. The lowest BCUT2D eigenvalue weighted by Gasteiger charge is -2.08. The van der Waals surface area contributed by atoms with Crippen molar-refractivity contribution in [2.75, 3.05) is 7.11 Å². The topological polar surface area (TPSA) is 64.4 Å². The number of hydrogen-bond donors (Lipinski definition) is 1. The van der Waals surface area contributed by atoms with E-state index in [2.05, 4.69) is 5.10 Å². The van der Waals surface area contributed by atoms with Gasteiger partial charge in [-0.05, 0) is 25.1 Å². The van der Waals surface area contributed by atoms with Gasteiger partial charge in [0, 0.05) is 11.8 Å². The van der Waals surface area contributed by atoms with Gasteiger partial charge in [0.1, 0.15) is 5.75 Å². The minimum absolute atomic E-state index is 0.00131. The second-order valence-corrected chi connectivity index (χ2v) is 4.11. The molecule has 0 bridgehead atoms. The Kier molecular flexibility index (Phi) is 3.25. The first-order valence-corrected chi connectivity index (χ1v) is 5.54. The largest absolute Gasteiger partial charge is 0.495 e. The molecule has 1 heterocycles. The fourth-order valence-electron chi connectivity index (χ4n) is 1.62. The highest BCUT2D eigenvalue weighted by Gasteiger charge is 2.12. The third kappa shape index (κ3) is 2.17. The number of carbonyl (C=O) groups is 1. The maximum atomic E-state index is 10.9. The van der Waals surface area contributed by atoms with Crippen LogP contribution in [0.4, 0.5) is 0 Å². The standard InChI is InChI=1S/C12H11ClN2O3/c1-7-5-10(12(16)17)14-15(7)8-3-4-9(13)11(6-8)18-2/h3-6H,1-2H3,(H,16,17). The van der Waals surface area contributed by atoms with E-state index in [1.165, 1.54) is 17.9 Å². The number of benzene rings is 1. The van der Waals surface area contributed by atoms with Crippen LogP contribution in [0.15, 0.2) is 24.3 Å². The number of hydrogen-bond acceptors (Lipinski definition) is 3. The Morgan fingerprint density at radius 1 is 1.44 bits per heavy atom. The monoisotopic (exact) mass is 266 g/mol. The smallest absolute Gasteiger partial charge is 0.356 e. The molecule has 1 aromatic heterocycles. The summed E-state index contributed by atoms with van der Waals surface area (Å²) in [6.45, 7) is 1.78. The fraction of sp³-hybridized carbons (Fsp3) is 0.167. The van der Waals surface area contributed by atoms with E-state index >= 15 is 0 Å². The molecule has 5 nitrogen and oxygen atoms in total. The second kappa shape index (κ2) is 4.70. The molecule has 0 radical (unpaired) electrons. The van der Waals surface area contributed by atoms with Crippen LogP contribution >= 0.6 is 11.6 Å². The van der Waals surface area contributed by atoms with E-state index in [9.17, 15) is 4.79 Å². The van der Waals surface area contributed by atoms with Gasteiger partial charge in [0.15, 0.2) is 5.69 Å². The number of methoxy groups -OCH3 is 1. The van der Waals surface area contributed by atoms with Crippen molar-refractivity contribution in [1.29, 1.82) is 0 Å². The summed E-state index contributed by atoms with van der Waals surface area (Å²) in [6.07, 6.45) is 0. The quantitative estimate of drug-likeness (QED) is 0.927. The third-order valence-corrected chi connectivity index (χ3v) is 2.80. The normalized spacial score (nSPS) is 10.4. The molecule has 0 aliphatic heterocycles. The first-order chi connectivity index (χ1) is 8.52. The molecule has 0 aliphatic rings. The van der Waals surface area contributed by atoms with Crippen LogP contribution in [-0.4, -0.2) is 28.0 Å². The molecule has 0 aliphatic carbocycles. The van der Waals surface area contributed by atoms with Crippen molar-refractivity contribution < 1.29 is 14.6 Å². The summed E-state index contributed by atoms with van der Waals surface area (Å²) >= 11 is 5.93. The van der Waals surface area contributed by atoms with Crippen LogP contribution in [0.1, 0.15) is 16.2 Å². The molecular weight excluding hydrogens is 256 g/mol. The van der Waals surface area contributed by atoms with Crippen molar-refractivity contribution in [2.45, 2.75) is 6.92 Å². The molecule has 0 unspecified atom stereocenters. The van der Waals surface area contributed by atoms with Crippen LogP contribution in [-0.2, 0) is 0 Å². The Morgan fingerprint density at radius 2 is 2.17 bits per heavy atom. The molecule has 2 rings (SSSR count). The van der Waals surface area contributed by atoms with Gasteiger partial charge in [-0.1, -0.05) is 11.6 Å². The number of ether oxygens (including phenoxy) is 1. The molecule has 0 atom stereocenters. The molecule has 0 spiro atoms. The average Bonchev–Trinajstić information content (AvgIpc) is 2.72. The number of carboxylic acids is 1. The van der Waals surface area contributed by atoms with E-state index in [-0.39, 0.29) is 5.69 Å². The average molecular weight is 267 g/mol. The molecule has 6 heteroatoms. The second-order valence-electron chi connectivity index (χ2n) is 3.71. The minimum atomic E-state index is -1.06. The number of nitrogens with zero attached hydrogens (tertiary/aromatic N) is 2. The molecule has 94 valence electrons. The molecule has 0 fully saturated rings. The molecule has 1 aromatic carbocycles. The molecule has 18 heavy (non-hydrogen) atoms. The van der Waals surface area contributed by atoms with Crippen molar-refractivity contribution in [3.05, 3.63) is 40.7 Å². The molecule has 0 amide bonds. The van der Waals surface area contributed by atoms with Crippen LogP contribution < -0.4 is 4.74 Å². The Bertz CT molecular complexity index is 607. The van der Waals surface area contributed by atoms with Gasteiger partial charge in [0.25, 0.3) is 0 Å². The number of aryl methyl sites for hydroxylation is 1. The van der Waals surface area contributed by atoms with E-state index in [4.69, 9.17) is 21.4 Å². The fourth-order valence-corrected chi connectivity index (χ4v) is 1.82. The van der Waals surface area contributed by atoms with Gasteiger partial charge in [-0.15, -0.1) is 0 Å². The Hall–Kier alpha value is -2.01. The SMILES string of the molecule is COc1cc(-n2nc(C(=O)O)cc2C)ccc1Cl. The zero-order chi connectivity index (χ0) is 13.3. The van der Waals surface area contributed by atoms with Crippen molar-refractivity contribution in [1.82, 2.24) is 9.78 Å². The van der Waals surface area contributed by atoms with Crippen molar-refractivity contribution in [2.24, 2.45) is 0 Å². The summed E-state index contributed by atoms with van der Waals surface area (Å²) in [5, 5.41) is 13.4. The highest BCUT2D eigenvalue weighted by Crippen LogP contribution is 2.27. The zero-order valence-electron chi connectivity index (χ0n) is 9.85. The Labute approximate surface area is 109 Å². The summed E-state index contributed by atoms with van der Waals surface area (Å²) in [5.41, 5.74) is 1.42. The summed E-state index contributed by atoms with van der Waals surface area (Å²) in [5.74, 6) is -0.543. The van der Waals surface area contributed by atoms with Crippen molar-refractivity contribution in [3.8, 4) is 11.4 Å². The maximum absolute atomic E-state index is 10.9. The summed E-state index contributed by atoms with van der Waals surface area (Å²) in [7, 11) is 1.52. The van der Waals surface area contributed by atoms with Gasteiger partial charge in [-0.3, -0.25) is 0 Å². The zero-order valence-corrected chi connectivity index (χ0v) is 10.6. The van der Waals surface area contributed by atoms with Gasteiger partial charge in [-0.25, -0.2) is 9.48 Å². The molecule has 0 saturated carbocycles. The third-order valence-electron chi connectivity index (χ3n) is 2.49. The molecule has 1 N–H and O–H groups in total. The number of halogens is 1. The lowest BCUT2D eigenvalue weighted by Crippen LogP contribution is -2.02. The lowest BCUT2D eigenvalue weighted by molar-refractivity contribution is 0.0690. The summed E-state index contributed by atoms with van der Waals surface area (Å²) in [6, 6.07) is 6.63. The van der Waals surface area contributed by atoms with E-state index in [1.807, 2.05) is 0 Å². The van der Waals surface area contributed by atoms with E-state index < -0.39 is 5.97 Å². The predicted octanol–water partition coefficient (Wildman–Crippen LogP) is 2.54. The van der Waals surface area contributed by atoms with Crippen LogP contribution in [0.25, 0.3) is 5.69 Å². The highest BCUT2D eigenvalue weighted by atomic mass is 35.5. The van der Waals surface area contributed by atoms with Crippen molar-refractivity contribution in [3.63, 3.8) is 0 Å². The van der Waals surface area contributed by atoms with Crippen LogP contribution in [0.2, 0.25) is 5.02 Å². The van der Waals surface area contributed by atoms with Gasteiger partial charge < -0.3 is 9.84 Å². The van der Waals surface area contributed by atoms with Crippen molar-refractivity contribution >= 4 is 17.6 Å². The van der Waals surface area contributed by atoms with E-state index in [0.29, 0.717) is 16.5 Å². The number of aromatic nitrogens is 2. The van der Waals surface area contributed by atoms with Crippen LogP contribution in [0.5, 0.6) is 5.75 Å².